The molecule has 118 valence electrons. The molecule has 0 atom stereocenters. The number of rotatable bonds is 5. The number of benzene rings is 1. The number of carbonyl (C=O) groups excluding carboxylic acids is 1. The van der Waals surface area contributed by atoms with E-state index in [1.165, 1.54) is 29.4 Å². The molecule has 3 aromatic heterocycles. The van der Waals surface area contributed by atoms with Gasteiger partial charge in [0.2, 0.25) is 0 Å². The van der Waals surface area contributed by atoms with E-state index in [-0.39, 0.29) is 5.78 Å². The fourth-order valence-electron chi connectivity index (χ4n) is 2.34. The van der Waals surface area contributed by atoms with Gasteiger partial charge in [0.15, 0.2) is 11.4 Å². The Morgan fingerprint density at radius 3 is 2.79 bits per heavy atom. The molecule has 3 heterocycles. The van der Waals surface area contributed by atoms with Crippen LogP contribution < -0.4 is 0 Å². The Morgan fingerprint density at radius 2 is 2.00 bits per heavy atom. The van der Waals surface area contributed by atoms with Crippen molar-refractivity contribution in [1.82, 2.24) is 19.7 Å². The highest BCUT2D eigenvalue weighted by atomic mass is 32.2. The molecule has 0 N–H and O–H groups in total. The first-order chi connectivity index (χ1) is 11.8. The molecular formula is C17H12N4OS2. The first-order valence-corrected chi connectivity index (χ1v) is 9.13. The van der Waals surface area contributed by atoms with Gasteiger partial charge in [-0.15, -0.1) is 11.3 Å². The molecule has 1 aromatic carbocycles. The van der Waals surface area contributed by atoms with Crippen LogP contribution in [0.3, 0.4) is 0 Å². The van der Waals surface area contributed by atoms with Crippen molar-refractivity contribution in [1.29, 1.82) is 0 Å². The number of nitrogens with zero attached hydrogens (tertiary/aromatic N) is 4. The van der Waals surface area contributed by atoms with E-state index in [9.17, 15) is 4.79 Å². The number of hydrogen-bond acceptors (Lipinski definition) is 6. The third-order valence-electron chi connectivity index (χ3n) is 3.47. The maximum Gasteiger partial charge on any atom is 0.183 e. The third kappa shape index (κ3) is 2.83. The van der Waals surface area contributed by atoms with E-state index >= 15 is 0 Å². The van der Waals surface area contributed by atoms with Gasteiger partial charge >= 0.3 is 0 Å². The molecule has 0 unspecified atom stereocenters. The molecule has 0 aliphatic carbocycles. The molecule has 24 heavy (non-hydrogen) atoms. The first-order valence-electron chi connectivity index (χ1n) is 7.26. The minimum Gasteiger partial charge on any atom is -0.292 e. The summed E-state index contributed by atoms with van der Waals surface area (Å²) in [6.45, 7) is 0. The molecule has 0 aliphatic heterocycles. The lowest BCUT2D eigenvalue weighted by Crippen LogP contribution is -2.00. The molecule has 4 rings (SSSR count). The van der Waals surface area contributed by atoms with E-state index in [0.29, 0.717) is 5.75 Å². The summed E-state index contributed by atoms with van der Waals surface area (Å²) in [5.74, 6) is 0.459. The van der Waals surface area contributed by atoms with Crippen molar-refractivity contribution in [3.8, 4) is 5.69 Å². The van der Waals surface area contributed by atoms with Crippen LogP contribution >= 0.6 is 23.1 Å². The van der Waals surface area contributed by atoms with Crippen molar-refractivity contribution in [2.24, 2.45) is 0 Å². The van der Waals surface area contributed by atoms with Gasteiger partial charge in [0.25, 0.3) is 0 Å². The summed E-state index contributed by atoms with van der Waals surface area (Å²) in [4.78, 5) is 21.6. The lowest BCUT2D eigenvalue weighted by atomic mass is 10.3. The van der Waals surface area contributed by atoms with Gasteiger partial charge in [-0.1, -0.05) is 36.0 Å². The summed E-state index contributed by atoms with van der Waals surface area (Å²) in [5.41, 5.74) is 1.68. The van der Waals surface area contributed by atoms with Gasteiger partial charge < -0.3 is 0 Å². The van der Waals surface area contributed by atoms with Gasteiger partial charge in [-0.05, 0) is 23.6 Å². The number of thiophene rings is 1. The molecule has 0 saturated heterocycles. The Balaban J connectivity index is 1.63. The van der Waals surface area contributed by atoms with Crippen molar-refractivity contribution >= 4 is 39.9 Å². The number of Topliss-reactive ketones (excluding diaryl/α,β-unsaturated/α-hetero) is 1. The normalized spacial score (nSPS) is 11.0. The second kappa shape index (κ2) is 6.54. The van der Waals surface area contributed by atoms with Crippen LogP contribution in [0.5, 0.6) is 0 Å². The minimum atomic E-state index is 0.109. The first kappa shape index (κ1) is 15.0. The van der Waals surface area contributed by atoms with E-state index in [4.69, 9.17) is 0 Å². The largest absolute Gasteiger partial charge is 0.292 e. The maximum atomic E-state index is 12.2. The summed E-state index contributed by atoms with van der Waals surface area (Å²) in [6, 6.07) is 13.6. The van der Waals surface area contributed by atoms with Crippen LogP contribution in [0.4, 0.5) is 0 Å². The number of thioether (sulfide) groups is 1. The zero-order valence-electron chi connectivity index (χ0n) is 12.5. The number of aromatic nitrogens is 4. The average molecular weight is 352 g/mol. The predicted molar refractivity (Wildman–Crippen MR) is 96.0 cm³/mol. The molecule has 0 fully saturated rings. The zero-order valence-corrected chi connectivity index (χ0v) is 14.1. The fourth-order valence-corrected chi connectivity index (χ4v) is 3.94. The van der Waals surface area contributed by atoms with E-state index in [2.05, 4.69) is 15.1 Å². The Morgan fingerprint density at radius 1 is 1.12 bits per heavy atom. The third-order valence-corrected chi connectivity index (χ3v) is 5.38. The van der Waals surface area contributed by atoms with Crippen LogP contribution in [-0.2, 0) is 0 Å². The molecule has 0 aliphatic rings. The molecule has 0 radical (unpaired) electrons. The second-order valence-electron chi connectivity index (χ2n) is 5.00. The molecule has 7 heteroatoms. The van der Waals surface area contributed by atoms with Crippen LogP contribution in [0.1, 0.15) is 9.67 Å². The fraction of sp³-hybridized carbons (Fsp3) is 0.0588. The molecule has 0 saturated carbocycles. The van der Waals surface area contributed by atoms with Gasteiger partial charge in [0, 0.05) is 0 Å². The van der Waals surface area contributed by atoms with Gasteiger partial charge in [-0.25, -0.2) is 14.6 Å². The SMILES string of the molecule is O=C(CSc1ncnc2c1cnn2-c1ccccc1)c1cccs1. The topological polar surface area (TPSA) is 60.7 Å². The van der Waals surface area contributed by atoms with Crippen molar-refractivity contribution in [3.63, 3.8) is 0 Å². The minimum absolute atomic E-state index is 0.109. The van der Waals surface area contributed by atoms with Crippen molar-refractivity contribution in [3.05, 3.63) is 65.2 Å². The van der Waals surface area contributed by atoms with Gasteiger partial charge in [-0.2, -0.15) is 5.10 Å². The Bertz CT molecular complexity index is 980. The molecule has 4 aromatic rings. The molecule has 0 spiro atoms. The number of ketones is 1. The Kier molecular flexibility index (Phi) is 4.10. The predicted octanol–water partition coefficient (Wildman–Crippen LogP) is 3.85. The van der Waals surface area contributed by atoms with E-state index in [1.54, 1.807) is 10.9 Å². The average Bonchev–Trinajstić information content (AvgIpc) is 3.30. The van der Waals surface area contributed by atoms with E-state index in [1.807, 2.05) is 47.8 Å². The molecule has 5 nitrogen and oxygen atoms in total. The molecular weight excluding hydrogens is 340 g/mol. The van der Waals surface area contributed by atoms with Crippen LogP contribution in [0.25, 0.3) is 16.7 Å². The van der Waals surface area contributed by atoms with Crippen molar-refractivity contribution in [2.75, 3.05) is 5.75 Å². The van der Waals surface area contributed by atoms with Gasteiger partial charge in [0.05, 0.1) is 27.9 Å². The number of carbonyl (C=O) groups is 1. The van der Waals surface area contributed by atoms with E-state index < -0.39 is 0 Å². The lowest BCUT2D eigenvalue weighted by Gasteiger charge is -2.03. The summed E-state index contributed by atoms with van der Waals surface area (Å²) in [5, 5.41) is 7.95. The van der Waals surface area contributed by atoms with Crippen molar-refractivity contribution < 1.29 is 4.79 Å². The van der Waals surface area contributed by atoms with Crippen LogP contribution in [-0.4, -0.2) is 31.3 Å². The monoisotopic (exact) mass is 352 g/mol. The molecule has 0 bridgehead atoms. The van der Waals surface area contributed by atoms with Gasteiger partial charge in [-0.3, -0.25) is 4.79 Å². The summed E-state index contributed by atoms with van der Waals surface area (Å²) < 4.78 is 1.78. The highest BCUT2D eigenvalue weighted by molar-refractivity contribution is 8.00. The summed E-state index contributed by atoms with van der Waals surface area (Å²) >= 11 is 2.88. The van der Waals surface area contributed by atoms with Crippen molar-refractivity contribution in [2.45, 2.75) is 5.03 Å². The highest BCUT2D eigenvalue weighted by Gasteiger charge is 2.14. The number of hydrogen-bond donors (Lipinski definition) is 0. The Labute approximate surface area is 146 Å². The van der Waals surface area contributed by atoms with Crippen LogP contribution in [0.2, 0.25) is 0 Å². The van der Waals surface area contributed by atoms with E-state index in [0.717, 1.165) is 26.6 Å². The maximum absolute atomic E-state index is 12.2. The number of fused-ring (bicyclic) bond motifs is 1. The van der Waals surface area contributed by atoms with Crippen LogP contribution in [0, 0.1) is 0 Å². The quantitative estimate of drug-likeness (QED) is 0.310. The Hall–Kier alpha value is -2.51. The standard InChI is InChI=1S/C17H12N4OS2/c22-14(15-7-4-8-23-15)10-24-17-13-9-20-21(16(13)18-11-19-17)12-5-2-1-3-6-12/h1-9,11H,10H2. The summed E-state index contributed by atoms with van der Waals surface area (Å²) in [6.07, 6.45) is 3.27. The smallest absolute Gasteiger partial charge is 0.183 e. The van der Waals surface area contributed by atoms with Crippen LogP contribution in [0.15, 0.2) is 65.4 Å². The number of para-hydroxylation sites is 1. The lowest BCUT2D eigenvalue weighted by molar-refractivity contribution is 0.102. The summed E-state index contributed by atoms with van der Waals surface area (Å²) in [7, 11) is 0. The zero-order chi connectivity index (χ0) is 16.4. The van der Waals surface area contributed by atoms with Gasteiger partial charge in [0.1, 0.15) is 11.4 Å². The highest BCUT2D eigenvalue weighted by Crippen LogP contribution is 2.26. The molecule has 0 amide bonds. The second-order valence-corrected chi connectivity index (χ2v) is 6.91.